The summed E-state index contributed by atoms with van der Waals surface area (Å²) >= 11 is 0. The third kappa shape index (κ3) is 4.57. The number of rotatable bonds is 0. The van der Waals surface area contributed by atoms with Gasteiger partial charge in [0.15, 0.2) is 0 Å². The van der Waals surface area contributed by atoms with E-state index in [1.807, 2.05) is 0 Å². The van der Waals surface area contributed by atoms with Crippen LogP contribution in [0.15, 0.2) is 0 Å². The van der Waals surface area contributed by atoms with Gasteiger partial charge in [-0.05, 0) is 150 Å². The minimum atomic E-state index is 0. The van der Waals surface area contributed by atoms with Gasteiger partial charge in [0.05, 0.1) is 0 Å². The van der Waals surface area contributed by atoms with Crippen LogP contribution in [0.5, 0.6) is 0 Å². The van der Waals surface area contributed by atoms with Crippen LogP contribution in [0.4, 0.5) is 0 Å². The Balaban J connectivity index is 0.000000443. The van der Waals surface area contributed by atoms with Gasteiger partial charge in [-0.2, -0.15) is 0 Å². The first-order valence-corrected chi connectivity index (χ1v) is 9.00. The Labute approximate surface area is 166 Å². The van der Waals surface area contributed by atoms with Crippen LogP contribution in [0, 0.1) is 83.1 Å². The van der Waals surface area contributed by atoms with Gasteiger partial charge < -0.3 is 0 Å². The Kier molecular flexibility index (Phi) is 8.68. The zero-order valence-corrected chi connectivity index (χ0v) is 19.6. The van der Waals surface area contributed by atoms with Gasteiger partial charge in [0, 0.05) is 17.1 Å². The van der Waals surface area contributed by atoms with Crippen LogP contribution in [0.3, 0.4) is 0 Å². The first-order chi connectivity index (χ1) is 10.9. The molecule has 2 aromatic carbocycles. The Bertz CT molecular complexity index is 502. The average molecular weight is 379 g/mol. The van der Waals surface area contributed by atoms with Crippen molar-refractivity contribution in [1.29, 1.82) is 0 Å². The molecule has 0 bridgehead atoms. The van der Waals surface area contributed by atoms with Crippen LogP contribution < -0.4 is 0 Å². The Hall–Kier alpha value is -1.04. The van der Waals surface area contributed by atoms with E-state index in [-0.39, 0.29) is 17.1 Å². The molecule has 0 aliphatic carbocycles. The van der Waals surface area contributed by atoms with E-state index in [0.717, 1.165) is 0 Å². The summed E-state index contributed by atoms with van der Waals surface area (Å²) < 4.78 is 0. The van der Waals surface area contributed by atoms with Crippen molar-refractivity contribution in [3.8, 4) is 0 Å². The molecule has 0 spiro atoms. The second kappa shape index (κ2) is 9.06. The van der Waals surface area contributed by atoms with Crippen LogP contribution in [-0.4, -0.2) is 0 Å². The summed E-state index contributed by atoms with van der Waals surface area (Å²) in [5.74, 6) is 0. The standard InChI is InChI=1S/2C12H18.Mn/c2*1-7-8(2)10(4)12(6)11(5)9(7)3;/h2*1-6H3;. The smallest absolute Gasteiger partial charge is 0 e. The normalized spacial score (nSPS) is 10.1. The van der Waals surface area contributed by atoms with Crippen molar-refractivity contribution in [2.45, 2.75) is 83.1 Å². The molecular formula is C24H36Mn. The zero-order valence-electron chi connectivity index (χ0n) is 18.4. The molecule has 0 heterocycles. The zero-order chi connectivity index (χ0) is 18.9. The maximum Gasteiger partial charge on any atom is 0 e. The summed E-state index contributed by atoms with van der Waals surface area (Å²) in [7, 11) is 0. The number of hydrogen-bond donors (Lipinski definition) is 0. The molecule has 0 aliphatic rings. The summed E-state index contributed by atoms with van der Waals surface area (Å²) in [4.78, 5) is 0. The van der Waals surface area contributed by atoms with E-state index in [9.17, 15) is 0 Å². The van der Waals surface area contributed by atoms with Gasteiger partial charge in [-0.1, -0.05) is 0 Å². The Morgan fingerprint density at radius 1 is 0.200 bits per heavy atom. The van der Waals surface area contributed by atoms with Crippen molar-refractivity contribution in [2.24, 2.45) is 0 Å². The molecule has 1 radical (unpaired) electrons. The van der Waals surface area contributed by atoms with E-state index in [0.29, 0.717) is 0 Å². The summed E-state index contributed by atoms with van der Waals surface area (Å²) in [5.41, 5.74) is 17.5. The fourth-order valence-electron chi connectivity index (χ4n) is 3.38. The van der Waals surface area contributed by atoms with Crippen LogP contribution in [0.2, 0.25) is 0 Å². The Morgan fingerprint density at radius 3 is 0.280 bits per heavy atom. The summed E-state index contributed by atoms with van der Waals surface area (Å²) in [6.07, 6.45) is 0. The van der Waals surface area contributed by atoms with Gasteiger partial charge in [0.25, 0.3) is 0 Å². The Morgan fingerprint density at radius 2 is 0.240 bits per heavy atom. The average Bonchev–Trinajstić information content (AvgIpc) is 2.58. The van der Waals surface area contributed by atoms with Crippen molar-refractivity contribution in [1.82, 2.24) is 0 Å². The van der Waals surface area contributed by atoms with Gasteiger partial charge in [-0.3, -0.25) is 0 Å². The van der Waals surface area contributed by atoms with E-state index < -0.39 is 0 Å². The molecular weight excluding hydrogens is 343 g/mol. The molecule has 0 nitrogen and oxygen atoms in total. The van der Waals surface area contributed by atoms with E-state index >= 15 is 0 Å². The first-order valence-electron chi connectivity index (χ1n) is 9.00. The molecule has 0 N–H and O–H groups in total. The van der Waals surface area contributed by atoms with E-state index in [4.69, 9.17) is 0 Å². The van der Waals surface area contributed by atoms with Crippen molar-refractivity contribution < 1.29 is 17.1 Å². The molecule has 25 heavy (non-hydrogen) atoms. The topological polar surface area (TPSA) is 0 Å². The van der Waals surface area contributed by atoms with Gasteiger partial charge in [-0.25, -0.2) is 0 Å². The molecule has 0 saturated carbocycles. The van der Waals surface area contributed by atoms with Gasteiger partial charge in [-0.15, -0.1) is 0 Å². The van der Waals surface area contributed by atoms with Crippen molar-refractivity contribution in [3.63, 3.8) is 0 Å². The molecule has 2 aromatic rings. The summed E-state index contributed by atoms with van der Waals surface area (Å²) in [6, 6.07) is 0. The predicted molar refractivity (Wildman–Crippen MR) is 110 cm³/mol. The molecule has 0 aromatic heterocycles. The fraction of sp³-hybridized carbons (Fsp3) is 0.500. The molecule has 0 atom stereocenters. The second-order valence-corrected chi connectivity index (χ2v) is 7.50. The van der Waals surface area contributed by atoms with E-state index in [1.165, 1.54) is 66.8 Å². The minimum Gasteiger partial charge on any atom is -0.0447 e. The van der Waals surface area contributed by atoms with Crippen LogP contribution in [0.1, 0.15) is 66.8 Å². The third-order valence-electron chi connectivity index (χ3n) is 6.75. The molecule has 2 rings (SSSR count). The third-order valence-corrected chi connectivity index (χ3v) is 6.75. The number of hydrogen-bond acceptors (Lipinski definition) is 0. The molecule has 0 amide bonds. The summed E-state index contributed by atoms with van der Waals surface area (Å²) in [5, 5.41) is 0. The maximum atomic E-state index is 2.21. The quantitative estimate of drug-likeness (QED) is 0.429. The fourth-order valence-corrected chi connectivity index (χ4v) is 3.38. The summed E-state index contributed by atoms with van der Waals surface area (Å²) in [6.45, 7) is 26.5. The largest absolute Gasteiger partial charge is 0.0447 e. The van der Waals surface area contributed by atoms with Crippen LogP contribution >= 0.6 is 0 Å². The van der Waals surface area contributed by atoms with Crippen molar-refractivity contribution in [3.05, 3.63) is 66.8 Å². The minimum absolute atomic E-state index is 0. The molecule has 139 valence electrons. The first kappa shape index (κ1) is 24.0. The molecule has 0 saturated heterocycles. The van der Waals surface area contributed by atoms with Crippen LogP contribution in [0.25, 0.3) is 0 Å². The monoisotopic (exact) mass is 379 g/mol. The van der Waals surface area contributed by atoms with Gasteiger partial charge in [0.2, 0.25) is 0 Å². The SMILES string of the molecule is Cc1c(C)c(C)c(C)c(C)c1C.Cc1c(C)c(C)c(C)c(C)c1C.[Mn]. The molecule has 1 heteroatoms. The molecule has 0 unspecified atom stereocenters. The molecule has 0 fully saturated rings. The second-order valence-electron chi connectivity index (χ2n) is 7.50. The van der Waals surface area contributed by atoms with Gasteiger partial charge in [0.1, 0.15) is 0 Å². The van der Waals surface area contributed by atoms with E-state index in [2.05, 4.69) is 83.1 Å². The maximum absolute atomic E-state index is 2.21. The van der Waals surface area contributed by atoms with Crippen molar-refractivity contribution in [2.75, 3.05) is 0 Å². The van der Waals surface area contributed by atoms with Gasteiger partial charge >= 0.3 is 0 Å². The molecule has 0 aliphatic heterocycles. The van der Waals surface area contributed by atoms with Crippen LogP contribution in [-0.2, 0) is 17.1 Å². The number of benzene rings is 2. The predicted octanol–water partition coefficient (Wildman–Crippen LogP) is 7.07. The van der Waals surface area contributed by atoms with E-state index in [1.54, 1.807) is 0 Å². The van der Waals surface area contributed by atoms with Crippen molar-refractivity contribution >= 4 is 0 Å².